The molecule has 0 heterocycles. The predicted octanol–water partition coefficient (Wildman–Crippen LogP) is 1.88. The lowest BCUT2D eigenvalue weighted by Gasteiger charge is -2.43. The van der Waals surface area contributed by atoms with Crippen LogP contribution in [0.5, 0.6) is 0 Å². The van der Waals surface area contributed by atoms with Crippen LogP contribution in [-0.4, -0.2) is 32.7 Å². The van der Waals surface area contributed by atoms with Crippen molar-refractivity contribution in [2.45, 2.75) is 31.9 Å². The number of aliphatic hydroxyl groups excluding tert-OH is 1. The molecule has 0 spiro atoms. The summed E-state index contributed by atoms with van der Waals surface area (Å²) in [4.78, 5) is 0. The SMILES string of the molecule is CC(C)(C)[Si](OCC(O)CN)(c1ccccc1)c1ccccc1. The van der Waals surface area contributed by atoms with Crippen LogP contribution in [0.3, 0.4) is 0 Å². The molecule has 4 heteroatoms. The highest BCUT2D eigenvalue weighted by molar-refractivity contribution is 6.99. The van der Waals surface area contributed by atoms with Crippen molar-refractivity contribution in [3.05, 3.63) is 60.7 Å². The van der Waals surface area contributed by atoms with E-state index in [1.54, 1.807) is 0 Å². The Bertz CT molecular complexity index is 556. The van der Waals surface area contributed by atoms with E-state index in [1.807, 2.05) is 12.1 Å². The largest absolute Gasteiger partial charge is 0.405 e. The van der Waals surface area contributed by atoms with Gasteiger partial charge < -0.3 is 15.3 Å². The van der Waals surface area contributed by atoms with E-state index in [4.69, 9.17) is 10.2 Å². The fourth-order valence-electron chi connectivity index (χ4n) is 3.05. The van der Waals surface area contributed by atoms with Crippen LogP contribution in [0.2, 0.25) is 5.04 Å². The van der Waals surface area contributed by atoms with E-state index < -0.39 is 14.4 Å². The lowest BCUT2D eigenvalue weighted by atomic mass is 10.2. The molecule has 0 fully saturated rings. The summed E-state index contributed by atoms with van der Waals surface area (Å²) in [6.45, 7) is 7.11. The zero-order chi connectivity index (χ0) is 16.9. The van der Waals surface area contributed by atoms with Gasteiger partial charge in [0, 0.05) is 6.54 Å². The molecule has 0 saturated heterocycles. The molecule has 0 aliphatic heterocycles. The number of nitrogens with two attached hydrogens (primary N) is 1. The number of benzene rings is 2. The van der Waals surface area contributed by atoms with Gasteiger partial charge in [-0.25, -0.2) is 0 Å². The van der Waals surface area contributed by atoms with Crippen LogP contribution in [-0.2, 0) is 4.43 Å². The van der Waals surface area contributed by atoms with Crippen LogP contribution < -0.4 is 16.1 Å². The molecule has 1 unspecified atom stereocenters. The van der Waals surface area contributed by atoms with Crippen LogP contribution in [0.15, 0.2) is 60.7 Å². The monoisotopic (exact) mass is 329 g/mol. The Balaban J connectivity index is 2.60. The lowest BCUT2D eigenvalue weighted by molar-refractivity contribution is 0.109. The number of aliphatic hydroxyl groups is 1. The van der Waals surface area contributed by atoms with Gasteiger partial charge in [-0.15, -0.1) is 0 Å². The van der Waals surface area contributed by atoms with Crippen molar-refractivity contribution in [1.82, 2.24) is 0 Å². The van der Waals surface area contributed by atoms with Gasteiger partial charge in [-0.2, -0.15) is 0 Å². The molecule has 0 radical (unpaired) electrons. The zero-order valence-corrected chi connectivity index (χ0v) is 15.2. The van der Waals surface area contributed by atoms with E-state index in [1.165, 1.54) is 10.4 Å². The minimum atomic E-state index is -2.54. The van der Waals surface area contributed by atoms with E-state index in [2.05, 4.69) is 69.3 Å². The first-order valence-electron chi connectivity index (χ1n) is 8.05. The third-order valence-electron chi connectivity index (χ3n) is 4.18. The topological polar surface area (TPSA) is 55.5 Å². The summed E-state index contributed by atoms with van der Waals surface area (Å²) in [5, 5.41) is 12.3. The second-order valence-electron chi connectivity index (χ2n) is 6.86. The first-order chi connectivity index (χ1) is 10.9. The molecule has 1 atom stereocenters. The van der Waals surface area contributed by atoms with Crippen LogP contribution in [0.25, 0.3) is 0 Å². The molecule has 0 saturated carbocycles. The third-order valence-corrected chi connectivity index (χ3v) is 9.19. The van der Waals surface area contributed by atoms with Gasteiger partial charge in [0.05, 0.1) is 12.7 Å². The highest BCUT2D eigenvalue weighted by atomic mass is 28.4. The minimum Gasteiger partial charge on any atom is -0.405 e. The maximum Gasteiger partial charge on any atom is 0.261 e. The standard InChI is InChI=1S/C19H27NO2Si/c1-19(2,3)23(22-15-16(21)14-20,17-10-6-4-7-11-17)18-12-8-5-9-13-18/h4-13,16,21H,14-15,20H2,1-3H3. The summed E-state index contributed by atoms with van der Waals surface area (Å²) in [5.74, 6) is 0. The third kappa shape index (κ3) is 3.72. The van der Waals surface area contributed by atoms with Crippen molar-refractivity contribution in [3.8, 4) is 0 Å². The van der Waals surface area contributed by atoms with Crippen LogP contribution in [0.4, 0.5) is 0 Å². The first kappa shape index (κ1) is 17.9. The molecule has 0 aliphatic carbocycles. The number of hydrogen-bond acceptors (Lipinski definition) is 3. The molecule has 3 nitrogen and oxygen atoms in total. The van der Waals surface area contributed by atoms with E-state index in [0.29, 0.717) is 0 Å². The minimum absolute atomic E-state index is 0.0793. The number of rotatable bonds is 6. The predicted molar refractivity (Wildman–Crippen MR) is 98.6 cm³/mol. The van der Waals surface area contributed by atoms with Gasteiger partial charge in [0.1, 0.15) is 0 Å². The normalized spacial score (nSPS) is 13.8. The molecule has 0 amide bonds. The zero-order valence-electron chi connectivity index (χ0n) is 14.2. The van der Waals surface area contributed by atoms with E-state index in [-0.39, 0.29) is 18.2 Å². The molecule has 0 bridgehead atoms. The van der Waals surface area contributed by atoms with Crippen molar-refractivity contribution in [2.75, 3.05) is 13.2 Å². The molecule has 23 heavy (non-hydrogen) atoms. The van der Waals surface area contributed by atoms with Gasteiger partial charge in [0.25, 0.3) is 8.32 Å². The Morgan fingerprint density at radius 3 is 1.74 bits per heavy atom. The quantitative estimate of drug-likeness (QED) is 0.796. The van der Waals surface area contributed by atoms with Crippen LogP contribution in [0.1, 0.15) is 20.8 Å². The molecule has 2 aromatic rings. The summed E-state index contributed by atoms with van der Waals surface area (Å²) in [6, 6.07) is 20.8. The fraction of sp³-hybridized carbons (Fsp3) is 0.368. The highest BCUT2D eigenvalue weighted by Gasteiger charge is 2.50. The molecular weight excluding hydrogens is 302 g/mol. The summed E-state index contributed by atoms with van der Waals surface area (Å²) < 4.78 is 6.53. The average Bonchev–Trinajstić information content (AvgIpc) is 2.56. The van der Waals surface area contributed by atoms with Gasteiger partial charge in [0.2, 0.25) is 0 Å². The van der Waals surface area contributed by atoms with Crippen molar-refractivity contribution in [2.24, 2.45) is 5.73 Å². The Morgan fingerprint density at radius 2 is 1.39 bits per heavy atom. The number of hydrogen-bond donors (Lipinski definition) is 2. The van der Waals surface area contributed by atoms with Gasteiger partial charge in [-0.05, 0) is 15.4 Å². The fourth-order valence-corrected chi connectivity index (χ4v) is 7.65. The lowest BCUT2D eigenvalue weighted by Crippen LogP contribution is -2.67. The molecular formula is C19H27NO2Si. The molecule has 0 aliphatic rings. The highest BCUT2D eigenvalue weighted by Crippen LogP contribution is 2.36. The van der Waals surface area contributed by atoms with Crippen molar-refractivity contribution < 1.29 is 9.53 Å². The average molecular weight is 330 g/mol. The van der Waals surface area contributed by atoms with Crippen LogP contribution in [0, 0.1) is 0 Å². The maximum absolute atomic E-state index is 9.95. The molecule has 2 aromatic carbocycles. The smallest absolute Gasteiger partial charge is 0.261 e. The second-order valence-corrected chi connectivity index (χ2v) is 11.2. The van der Waals surface area contributed by atoms with Crippen molar-refractivity contribution in [3.63, 3.8) is 0 Å². The molecule has 124 valence electrons. The first-order valence-corrected chi connectivity index (χ1v) is 9.96. The van der Waals surface area contributed by atoms with Gasteiger partial charge >= 0.3 is 0 Å². The Hall–Kier alpha value is -1.46. The summed E-state index contributed by atoms with van der Waals surface area (Å²) in [7, 11) is -2.54. The van der Waals surface area contributed by atoms with Gasteiger partial charge in [0.15, 0.2) is 0 Å². The van der Waals surface area contributed by atoms with E-state index >= 15 is 0 Å². The maximum atomic E-state index is 9.95. The summed E-state index contributed by atoms with van der Waals surface area (Å²) in [5.41, 5.74) is 5.57. The van der Waals surface area contributed by atoms with Gasteiger partial charge in [-0.3, -0.25) is 0 Å². The van der Waals surface area contributed by atoms with Crippen molar-refractivity contribution >= 4 is 18.7 Å². The van der Waals surface area contributed by atoms with E-state index in [0.717, 1.165) is 0 Å². The van der Waals surface area contributed by atoms with Crippen molar-refractivity contribution in [1.29, 1.82) is 0 Å². The summed E-state index contributed by atoms with van der Waals surface area (Å²) >= 11 is 0. The molecule has 2 rings (SSSR count). The molecule has 3 N–H and O–H groups in total. The summed E-state index contributed by atoms with van der Waals surface area (Å²) in [6.07, 6.45) is -0.642. The Morgan fingerprint density at radius 1 is 0.957 bits per heavy atom. The molecule has 0 aromatic heterocycles. The van der Waals surface area contributed by atoms with Gasteiger partial charge in [-0.1, -0.05) is 81.4 Å². The van der Waals surface area contributed by atoms with E-state index in [9.17, 15) is 5.11 Å². The second kappa shape index (κ2) is 7.40. The Labute approximate surface area is 140 Å². The van der Waals surface area contributed by atoms with Crippen LogP contribution >= 0.6 is 0 Å². The Kier molecular flexibility index (Phi) is 5.76.